The van der Waals surface area contributed by atoms with Gasteiger partial charge in [-0.1, -0.05) is 46.0 Å². The van der Waals surface area contributed by atoms with E-state index in [2.05, 4.69) is 44.9 Å². The summed E-state index contributed by atoms with van der Waals surface area (Å²) in [4.78, 5) is 17.5. The van der Waals surface area contributed by atoms with E-state index in [0.717, 1.165) is 44.0 Å². The summed E-state index contributed by atoms with van der Waals surface area (Å²) < 4.78 is 0. The highest BCUT2D eigenvalue weighted by Gasteiger charge is 2.38. The van der Waals surface area contributed by atoms with Gasteiger partial charge >= 0.3 is 0 Å². The van der Waals surface area contributed by atoms with E-state index in [4.69, 9.17) is 4.98 Å². The third-order valence-corrected chi connectivity index (χ3v) is 8.39. The number of aromatic nitrogens is 2. The zero-order chi connectivity index (χ0) is 22.9. The molecule has 3 fully saturated rings. The van der Waals surface area contributed by atoms with Gasteiger partial charge in [-0.15, -0.1) is 0 Å². The van der Waals surface area contributed by atoms with Gasteiger partial charge in [0.2, 0.25) is 5.95 Å². The second-order valence-electron chi connectivity index (χ2n) is 10.4. The van der Waals surface area contributed by atoms with E-state index in [9.17, 15) is 0 Å². The molecular formula is C27H48N6. The zero-order valence-electron chi connectivity index (χ0n) is 21.4. The Morgan fingerprint density at radius 3 is 2.39 bits per heavy atom. The van der Waals surface area contributed by atoms with E-state index in [-0.39, 0.29) is 0 Å². The SMILES string of the molecule is CCN(CC)CCC[C@@H]1[C@@H](Nc2nccc(N3CCCCCC3)n2)CCN1C1CCCCC1. The van der Waals surface area contributed by atoms with Gasteiger partial charge in [-0.05, 0) is 70.6 Å². The molecule has 1 N–H and O–H groups in total. The van der Waals surface area contributed by atoms with Gasteiger partial charge in [0.05, 0.1) is 0 Å². The third-order valence-electron chi connectivity index (χ3n) is 8.39. The molecule has 6 heteroatoms. The highest BCUT2D eigenvalue weighted by atomic mass is 15.3. The average Bonchev–Trinajstić information content (AvgIpc) is 3.06. The van der Waals surface area contributed by atoms with Gasteiger partial charge < -0.3 is 15.1 Å². The number of hydrogen-bond donors (Lipinski definition) is 1. The van der Waals surface area contributed by atoms with Crippen LogP contribution in [0.15, 0.2) is 12.3 Å². The van der Waals surface area contributed by atoms with Crippen molar-refractivity contribution >= 4 is 11.8 Å². The van der Waals surface area contributed by atoms with Crippen LogP contribution in [0, 0.1) is 0 Å². The van der Waals surface area contributed by atoms with Crippen molar-refractivity contribution in [2.75, 3.05) is 49.5 Å². The van der Waals surface area contributed by atoms with Crippen LogP contribution < -0.4 is 10.2 Å². The third kappa shape index (κ3) is 6.82. The standard InChI is InChI=1S/C27H48N6/c1-3-31(4-2)19-12-15-25-24(17-22-33(25)23-13-8-7-9-14-23)29-27-28-18-16-26(30-27)32-20-10-5-6-11-21-32/h16,18,23-25H,3-15,17,19-22H2,1-2H3,(H,28,29,30)/t24-,25+/m0/s1. The van der Waals surface area contributed by atoms with Crippen molar-refractivity contribution in [2.24, 2.45) is 0 Å². The molecule has 33 heavy (non-hydrogen) atoms. The molecule has 3 heterocycles. The average molecular weight is 457 g/mol. The largest absolute Gasteiger partial charge is 0.356 e. The van der Waals surface area contributed by atoms with Crippen molar-refractivity contribution in [1.82, 2.24) is 19.8 Å². The molecule has 0 unspecified atom stereocenters. The molecule has 186 valence electrons. The predicted octanol–water partition coefficient (Wildman–Crippen LogP) is 5.17. The van der Waals surface area contributed by atoms with Gasteiger partial charge in [0, 0.05) is 44.0 Å². The van der Waals surface area contributed by atoms with Crippen LogP contribution in [-0.2, 0) is 0 Å². The van der Waals surface area contributed by atoms with Crippen molar-refractivity contribution in [3.05, 3.63) is 12.3 Å². The second kappa shape index (κ2) is 12.9. The van der Waals surface area contributed by atoms with Crippen molar-refractivity contribution < 1.29 is 0 Å². The molecule has 0 aromatic carbocycles. The van der Waals surface area contributed by atoms with Crippen molar-refractivity contribution in [3.63, 3.8) is 0 Å². The molecule has 1 aliphatic carbocycles. The molecule has 0 bridgehead atoms. The van der Waals surface area contributed by atoms with Gasteiger partial charge in [0.25, 0.3) is 0 Å². The molecule has 0 spiro atoms. The Labute approximate surface area is 202 Å². The molecular weight excluding hydrogens is 408 g/mol. The highest BCUT2D eigenvalue weighted by Crippen LogP contribution is 2.32. The lowest BCUT2D eigenvalue weighted by Crippen LogP contribution is -2.45. The Kier molecular flexibility index (Phi) is 9.66. The van der Waals surface area contributed by atoms with Crippen LogP contribution in [-0.4, -0.2) is 77.2 Å². The lowest BCUT2D eigenvalue weighted by atomic mass is 9.92. The first-order chi connectivity index (χ1) is 16.3. The monoisotopic (exact) mass is 456 g/mol. The Balaban J connectivity index is 1.42. The van der Waals surface area contributed by atoms with Crippen LogP contribution in [0.1, 0.15) is 90.9 Å². The highest BCUT2D eigenvalue weighted by molar-refractivity contribution is 5.43. The summed E-state index contributed by atoms with van der Waals surface area (Å²) in [6.45, 7) is 11.6. The molecule has 1 saturated carbocycles. The van der Waals surface area contributed by atoms with Crippen molar-refractivity contribution in [3.8, 4) is 0 Å². The summed E-state index contributed by atoms with van der Waals surface area (Å²) in [7, 11) is 0. The topological polar surface area (TPSA) is 47.5 Å². The number of nitrogens with one attached hydrogen (secondary N) is 1. The fourth-order valence-electron chi connectivity index (χ4n) is 6.40. The smallest absolute Gasteiger partial charge is 0.224 e. The molecule has 6 nitrogen and oxygen atoms in total. The van der Waals surface area contributed by atoms with Crippen LogP contribution in [0.2, 0.25) is 0 Å². The Hall–Kier alpha value is -1.40. The first-order valence-electron chi connectivity index (χ1n) is 14.1. The van der Waals surface area contributed by atoms with Crippen molar-refractivity contribution in [2.45, 2.75) is 109 Å². The fraction of sp³-hybridized carbons (Fsp3) is 0.852. The summed E-state index contributed by atoms with van der Waals surface area (Å²) in [5, 5.41) is 3.82. The van der Waals surface area contributed by atoms with Gasteiger partial charge in [0.1, 0.15) is 5.82 Å². The van der Waals surface area contributed by atoms with E-state index in [1.807, 2.05) is 6.20 Å². The van der Waals surface area contributed by atoms with Gasteiger partial charge in [-0.25, -0.2) is 4.98 Å². The number of anilines is 2. The van der Waals surface area contributed by atoms with Crippen LogP contribution in [0.3, 0.4) is 0 Å². The number of nitrogens with zero attached hydrogens (tertiary/aromatic N) is 5. The van der Waals surface area contributed by atoms with Gasteiger partial charge in [0.15, 0.2) is 0 Å². The second-order valence-corrected chi connectivity index (χ2v) is 10.4. The fourth-order valence-corrected chi connectivity index (χ4v) is 6.40. The number of likely N-dealkylation sites (tertiary alicyclic amines) is 1. The Morgan fingerprint density at radius 2 is 1.67 bits per heavy atom. The van der Waals surface area contributed by atoms with Crippen LogP contribution in [0.25, 0.3) is 0 Å². The normalized spacial score (nSPS) is 25.5. The lowest BCUT2D eigenvalue weighted by molar-refractivity contribution is 0.129. The van der Waals surface area contributed by atoms with Crippen molar-refractivity contribution in [1.29, 1.82) is 0 Å². The first-order valence-corrected chi connectivity index (χ1v) is 14.1. The van der Waals surface area contributed by atoms with E-state index in [1.165, 1.54) is 90.1 Å². The molecule has 0 amide bonds. The van der Waals surface area contributed by atoms with Crippen LogP contribution >= 0.6 is 0 Å². The van der Waals surface area contributed by atoms with E-state index in [0.29, 0.717) is 12.1 Å². The summed E-state index contributed by atoms with van der Waals surface area (Å²) in [6, 6.07) is 3.95. The summed E-state index contributed by atoms with van der Waals surface area (Å²) in [6.07, 6.45) is 18.0. The molecule has 1 aromatic heterocycles. The number of rotatable bonds is 10. The minimum absolute atomic E-state index is 0.461. The molecule has 4 rings (SSSR count). The Bertz CT molecular complexity index is 679. The molecule has 1 aromatic rings. The minimum Gasteiger partial charge on any atom is -0.356 e. The number of hydrogen-bond acceptors (Lipinski definition) is 6. The summed E-state index contributed by atoms with van der Waals surface area (Å²) in [5.41, 5.74) is 0. The summed E-state index contributed by atoms with van der Waals surface area (Å²) in [5.74, 6) is 1.94. The molecule has 2 aliphatic heterocycles. The molecule has 2 atom stereocenters. The molecule has 3 aliphatic rings. The zero-order valence-corrected chi connectivity index (χ0v) is 21.4. The lowest BCUT2D eigenvalue weighted by Gasteiger charge is -2.37. The van der Waals surface area contributed by atoms with E-state index in [1.54, 1.807) is 0 Å². The summed E-state index contributed by atoms with van der Waals surface area (Å²) >= 11 is 0. The minimum atomic E-state index is 0.461. The molecule has 2 saturated heterocycles. The maximum Gasteiger partial charge on any atom is 0.224 e. The van der Waals surface area contributed by atoms with E-state index >= 15 is 0 Å². The van der Waals surface area contributed by atoms with Crippen LogP contribution in [0.5, 0.6) is 0 Å². The Morgan fingerprint density at radius 1 is 0.939 bits per heavy atom. The maximum absolute atomic E-state index is 4.99. The quantitative estimate of drug-likeness (QED) is 0.524. The van der Waals surface area contributed by atoms with E-state index < -0.39 is 0 Å². The molecule has 0 radical (unpaired) electrons. The van der Waals surface area contributed by atoms with Gasteiger partial charge in [-0.3, -0.25) is 4.90 Å². The maximum atomic E-state index is 4.99. The predicted molar refractivity (Wildman–Crippen MR) is 139 cm³/mol. The van der Waals surface area contributed by atoms with Gasteiger partial charge in [-0.2, -0.15) is 4.98 Å². The first kappa shape index (κ1) is 24.7. The van der Waals surface area contributed by atoms with Crippen LogP contribution in [0.4, 0.5) is 11.8 Å².